The maximum Gasteiger partial charge on any atom is 0.248 e. The average molecular weight is 225 g/mol. The highest BCUT2D eigenvalue weighted by molar-refractivity contribution is 5.48. The van der Waals surface area contributed by atoms with Crippen molar-refractivity contribution in [2.24, 2.45) is 0 Å². The third-order valence-corrected chi connectivity index (χ3v) is 2.74. The van der Waals surface area contributed by atoms with E-state index in [-0.39, 0.29) is 0 Å². The normalized spacial score (nSPS) is 14.9. The highest BCUT2D eigenvalue weighted by Gasteiger charge is 2.25. The Morgan fingerprint density at radius 1 is 1.38 bits per heavy atom. The van der Waals surface area contributed by atoms with Crippen LogP contribution in [0.15, 0.2) is 15.7 Å². The van der Waals surface area contributed by atoms with E-state index in [0.717, 1.165) is 19.3 Å². The number of rotatable bonds is 7. The van der Waals surface area contributed by atoms with Crippen LogP contribution in [0.5, 0.6) is 0 Å². The molecule has 0 bridgehead atoms. The van der Waals surface area contributed by atoms with Crippen LogP contribution < -0.4 is 16.2 Å². The molecular weight excluding hydrogens is 206 g/mol. The minimum absolute atomic E-state index is 0.367. The topological polar surface area (TPSA) is 55.4 Å². The van der Waals surface area contributed by atoms with Crippen molar-refractivity contribution >= 4 is 5.69 Å². The summed E-state index contributed by atoms with van der Waals surface area (Å²) in [7, 11) is 0. The zero-order valence-corrected chi connectivity index (χ0v) is 10.1. The number of nitrogens with one attached hydrogen (secondary N) is 1. The Labute approximate surface area is 95.3 Å². The van der Waals surface area contributed by atoms with Crippen molar-refractivity contribution in [3.63, 3.8) is 0 Å². The second kappa shape index (κ2) is 5.25. The Kier molecular flexibility index (Phi) is 4.24. The van der Waals surface area contributed by atoms with Crippen molar-refractivity contribution in [2.45, 2.75) is 45.8 Å². The molecule has 0 saturated heterocycles. The van der Waals surface area contributed by atoms with Gasteiger partial charge in [-0.05, 0) is 19.8 Å². The Hall–Kier alpha value is -1.16. The van der Waals surface area contributed by atoms with E-state index in [0.29, 0.717) is 12.3 Å². The summed E-state index contributed by atoms with van der Waals surface area (Å²) < 4.78 is 5.69. The molecule has 4 nitrogen and oxygen atoms in total. The molecule has 0 aliphatic heterocycles. The van der Waals surface area contributed by atoms with E-state index in [1.807, 2.05) is 13.8 Å². The maximum absolute atomic E-state index is 11.1. The fourth-order valence-electron chi connectivity index (χ4n) is 1.36. The molecule has 0 saturated carbocycles. The van der Waals surface area contributed by atoms with Gasteiger partial charge < -0.3 is 10.1 Å². The lowest BCUT2D eigenvalue weighted by Crippen LogP contribution is -2.43. The fourth-order valence-corrected chi connectivity index (χ4v) is 1.36. The van der Waals surface area contributed by atoms with Crippen LogP contribution in [-0.2, 0) is 4.74 Å². The lowest BCUT2D eigenvalue weighted by atomic mass is 10.1. The van der Waals surface area contributed by atoms with Crippen molar-refractivity contribution in [2.75, 3.05) is 11.9 Å². The van der Waals surface area contributed by atoms with Gasteiger partial charge in [0.05, 0.1) is 5.69 Å². The van der Waals surface area contributed by atoms with Gasteiger partial charge in [0.15, 0.2) is 0 Å². The SMILES string of the molecule is CCCCOC(C)(CC)Nc1cc(=O)c1=O. The zero-order valence-electron chi connectivity index (χ0n) is 10.1. The van der Waals surface area contributed by atoms with E-state index in [2.05, 4.69) is 12.2 Å². The predicted molar refractivity (Wildman–Crippen MR) is 64.5 cm³/mol. The first-order valence-electron chi connectivity index (χ1n) is 5.75. The minimum atomic E-state index is -0.558. The van der Waals surface area contributed by atoms with Gasteiger partial charge in [-0.3, -0.25) is 9.59 Å². The molecule has 1 aromatic carbocycles. The lowest BCUT2D eigenvalue weighted by Gasteiger charge is -2.31. The predicted octanol–water partition coefficient (Wildman–Crippen LogP) is 1.64. The van der Waals surface area contributed by atoms with E-state index in [9.17, 15) is 9.59 Å². The van der Waals surface area contributed by atoms with Crippen molar-refractivity contribution < 1.29 is 4.74 Å². The summed E-state index contributed by atoms with van der Waals surface area (Å²) in [6.07, 6.45) is 2.79. The molecule has 0 radical (unpaired) electrons. The largest absolute Gasteiger partial charge is 0.356 e. The van der Waals surface area contributed by atoms with Gasteiger partial charge in [0.2, 0.25) is 10.9 Å². The molecule has 0 aromatic heterocycles. The first kappa shape index (κ1) is 12.9. The molecule has 0 spiro atoms. The molecule has 1 atom stereocenters. The molecule has 1 aromatic rings. The molecule has 0 heterocycles. The first-order chi connectivity index (χ1) is 7.52. The second-order valence-corrected chi connectivity index (χ2v) is 4.16. The zero-order chi connectivity index (χ0) is 12.2. The molecular formula is C12H19NO3. The van der Waals surface area contributed by atoms with Gasteiger partial charge in [-0.15, -0.1) is 0 Å². The van der Waals surface area contributed by atoms with Crippen molar-refractivity contribution in [1.82, 2.24) is 0 Å². The van der Waals surface area contributed by atoms with Crippen LogP contribution >= 0.6 is 0 Å². The highest BCUT2D eigenvalue weighted by atomic mass is 16.5. The van der Waals surface area contributed by atoms with E-state index in [1.54, 1.807) is 0 Å². The Balaban J connectivity index is 2.57. The second-order valence-electron chi connectivity index (χ2n) is 4.16. The summed E-state index contributed by atoms with van der Waals surface area (Å²) in [4.78, 5) is 21.9. The molecule has 1 rings (SSSR count). The summed E-state index contributed by atoms with van der Waals surface area (Å²) in [6, 6.07) is 1.32. The number of ether oxygens (including phenoxy) is 1. The number of unbranched alkanes of at least 4 members (excludes halogenated alkanes) is 1. The van der Waals surface area contributed by atoms with Gasteiger partial charge in [0, 0.05) is 12.7 Å². The standard InChI is InChI=1S/C12H19NO3/c1-4-6-7-16-12(3,5-2)13-9-8-10(14)11(9)15/h8,13H,4-7H2,1-3H3. The van der Waals surface area contributed by atoms with Gasteiger partial charge in [-0.1, -0.05) is 20.3 Å². The van der Waals surface area contributed by atoms with Gasteiger partial charge in [0.1, 0.15) is 5.72 Å². The summed E-state index contributed by atoms with van der Waals surface area (Å²) in [5.41, 5.74) is -1.07. The quantitative estimate of drug-likeness (QED) is 0.435. The van der Waals surface area contributed by atoms with Crippen LogP contribution in [0.2, 0.25) is 0 Å². The molecule has 0 aliphatic rings. The monoisotopic (exact) mass is 225 g/mol. The van der Waals surface area contributed by atoms with E-state index in [4.69, 9.17) is 4.74 Å². The van der Waals surface area contributed by atoms with Gasteiger partial charge in [0.25, 0.3) is 0 Å². The summed E-state index contributed by atoms with van der Waals surface area (Å²) in [5.74, 6) is 0. The molecule has 1 unspecified atom stereocenters. The fraction of sp³-hybridized carbons (Fsp3) is 0.667. The number of hydrogen-bond donors (Lipinski definition) is 1. The van der Waals surface area contributed by atoms with Gasteiger partial charge in [-0.2, -0.15) is 0 Å². The van der Waals surface area contributed by atoms with Crippen LogP contribution in [0.1, 0.15) is 40.0 Å². The van der Waals surface area contributed by atoms with Crippen LogP contribution in [0.4, 0.5) is 5.69 Å². The Bertz CT molecular complexity index is 406. The third-order valence-electron chi connectivity index (χ3n) is 2.74. The molecule has 4 heteroatoms. The molecule has 0 amide bonds. The van der Waals surface area contributed by atoms with Crippen LogP contribution in [0.25, 0.3) is 0 Å². The number of hydrogen-bond acceptors (Lipinski definition) is 4. The lowest BCUT2D eigenvalue weighted by molar-refractivity contribution is -0.0139. The minimum Gasteiger partial charge on any atom is -0.356 e. The summed E-state index contributed by atoms with van der Waals surface area (Å²) in [6.45, 7) is 6.62. The number of anilines is 1. The van der Waals surface area contributed by atoms with E-state index >= 15 is 0 Å². The van der Waals surface area contributed by atoms with Crippen LogP contribution in [0, 0.1) is 0 Å². The van der Waals surface area contributed by atoms with E-state index < -0.39 is 16.6 Å². The van der Waals surface area contributed by atoms with E-state index in [1.165, 1.54) is 6.07 Å². The smallest absolute Gasteiger partial charge is 0.248 e. The van der Waals surface area contributed by atoms with Crippen molar-refractivity contribution in [3.05, 3.63) is 26.5 Å². The molecule has 0 fully saturated rings. The molecule has 16 heavy (non-hydrogen) atoms. The molecule has 1 N–H and O–H groups in total. The van der Waals surface area contributed by atoms with Crippen LogP contribution in [0.3, 0.4) is 0 Å². The van der Waals surface area contributed by atoms with Gasteiger partial charge >= 0.3 is 0 Å². The van der Waals surface area contributed by atoms with Crippen LogP contribution in [-0.4, -0.2) is 12.3 Å². The average Bonchev–Trinajstić information content (AvgIpc) is 2.29. The summed E-state index contributed by atoms with van der Waals surface area (Å²) >= 11 is 0. The Morgan fingerprint density at radius 2 is 2.06 bits per heavy atom. The Morgan fingerprint density at radius 3 is 2.50 bits per heavy atom. The highest BCUT2D eigenvalue weighted by Crippen LogP contribution is 2.17. The van der Waals surface area contributed by atoms with Crippen molar-refractivity contribution in [1.29, 1.82) is 0 Å². The molecule has 90 valence electrons. The maximum atomic E-state index is 11.1. The van der Waals surface area contributed by atoms with Gasteiger partial charge in [-0.25, -0.2) is 0 Å². The summed E-state index contributed by atoms with van der Waals surface area (Å²) in [5, 5.41) is 2.99. The molecule has 0 aliphatic carbocycles. The first-order valence-corrected chi connectivity index (χ1v) is 5.75. The van der Waals surface area contributed by atoms with Crippen molar-refractivity contribution in [3.8, 4) is 0 Å². The third kappa shape index (κ3) is 2.92.